The van der Waals surface area contributed by atoms with Crippen LogP contribution in [-0.4, -0.2) is 38.3 Å². The Labute approximate surface area is 157 Å². The Morgan fingerprint density at radius 2 is 1.93 bits per heavy atom. The van der Waals surface area contributed by atoms with E-state index in [9.17, 15) is 14.7 Å². The third-order valence-electron chi connectivity index (χ3n) is 4.46. The first-order chi connectivity index (χ1) is 12.9. The van der Waals surface area contributed by atoms with Crippen LogP contribution in [0.25, 0.3) is 11.0 Å². The second-order valence-corrected chi connectivity index (χ2v) is 6.73. The molecule has 0 unspecified atom stereocenters. The maximum Gasteiger partial charge on any atom is 0.312 e. The van der Waals surface area contributed by atoms with Gasteiger partial charge in [-0.2, -0.15) is 5.10 Å². The van der Waals surface area contributed by atoms with Crippen molar-refractivity contribution in [3.05, 3.63) is 59.4 Å². The molecule has 0 bridgehead atoms. The average molecular weight is 366 g/mol. The third kappa shape index (κ3) is 3.81. The third-order valence-corrected chi connectivity index (χ3v) is 4.46. The molecule has 2 aromatic heterocycles. The van der Waals surface area contributed by atoms with E-state index in [-0.39, 0.29) is 18.5 Å². The highest BCUT2D eigenvalue weighted by Crippen LogP contribution is 2.20. The second kappa shape index (κ2) is 7.57. The fourth-order valence-corrected chi connectivity index (χ4v) is 3.00. The number of carboxylic acids is 1. The first-order valence-electron chi connectivity index (χ1n) is 8.79. The van der Waals surface area contributed by atoms with E-state index in [2.05, 4.69) is 15.4 Å². The number of aryl methyl sites for hydroxylation is 1. The lowest BCUT2D eigenvalue weighted by molar-refractivity contribution is -0.138. The number of fused-ring (bicyclic) bond motifs is 1. The first-order valence-corrected chi connectivity index (χ1v) is 8.79. The summed E-state index contributed by atoms with van der Waals surface area (Å²) in [6.07, 6.45) is 1.68. The summed E-state index contributed by atoms with van der Waals surface area (Å²) in [5.74, 6) is -2.14. The number of pyridine rings is 1. The molecule has 3 aromatic rings. The fraction of sp³-hybridized carbons (Fsp3) is 0.300. The number of benzene rings is 1. The van der Waals surface area contributed by atoms with Crippen LogP contribution in [0, 0.1) is 6.92 Å². The number of nitrogens with one attached hydrogen (secondary N) is 1. The molecular weight excluding hydrogens is 344 g/mol. The molecule has 0 aliphatic rings. The van der Waals surface area contributed by atoms with Gasteiger partial charge < -0.3 is 10.4 Å². The topological polar surface area (TPSA) is 97.1 Å². The minimum Gasteiger partial charge on any atom is -0.481 e. The monoisotopic (exact) mass is 366 g/mol. The zero-order chi connectivity index (χ0) is 19.6. The fourth-order valence-electron chi connectivity index (χ4n) is 3.00. The zero-order valence-corrected chi connectivity index (χ0v) is 15.5. The number of aliphatic carboxylic acids is 1. The van der Waals surface area contributed by atoms with Gasteiger partial charge in [0.1, 0.15) is 0 Å². The molecule has 1 aromatic carbocycles. The predicted octanol–water partition coefficient (Wildman–Crippen LogP) is 2.92. The van der Waals surface area contributed by atoms with Crippen molar-refractivity contribution in [2.24, 2.45) is 0 Å². The van der Waals surface area contributed by atoms with Gasteiger partial charge in [-0.15, -0.1) is 0 Å². The minimum absolute atomic E-state index is 0.000906. The number of carbonyl (C=O) groups is 2. The summed E-state index contributed by atoms with van der Waals surface area (Å²) in [4.78, 5) is 28.7. The van der Waals surface area contributed by atoms with Gasteiger partial charge in [0.2, 0.25) is 0 Å². The van der Waals surface area contributed by atoms with E-state index in [1.165, 1.54) is 0 Å². The van der Waals surface area contributed by atoms with Crippen LogP contribution in [-0.2, 0) is 4.79 Å². The van der Waals surface area contributed by atoms with Gasteiger partial charge in [0.05, 0.1) is 23.4 Å². The number of hydrogen-bond donors (Lipinski definition) is 2. The highest BCUT2D eigenvalue weighted by Gasteiger charge is 2.22. The quantitative estimate of drug-likeness (QED) is 0.699. The van der Waals surface area contributed by atoms with Gasteiger partial charge in [-0.3, -0.25) is 9.59 Å². The molecule has 3 rings (SSSR count). The van der Waals surface area contributed by atoms with Crippen LogP contribution in [0.15, 0.2) is 42.6 Å². The zero-order valence-electron chi connectivity index (χ0n) is 15.5. The predicted molar refractivity (Wildman–Crippen MR) is 102 cm³/mol. The van der Waals surface area contributed by atoms with E-state index in [1.54, 1.807) is 48.1 Å². The van der Waals surface area contributed by atoms with Crippen molar-refractivity contribution in [2.75, 3.05) is 6.54 Å². The molecular formula is C20H22N4O3. The largest absolute Gasteiger partial charge is 0.481 e. The van der Waals surface area contributed by atoms with Crippen LogP contribution >= 0.6 is 0 Å². The van der Waals surface area contributed by atoms with E-state index < -0.39 is 11.9 Å². The van der Waals surface area contributed by atoms with E-state index in [4.69, 9.17) is 0 Å². The van der Waals surface area contributed by atoms with Crippen LogP contribution < -0.4 is 5.32 Å². The molecule has 2 heterocycles. The molecule has 0 saturated heterocycles. The lowest BCUT2D eigenvalue weighted by Gasteiger charge is -2.14. The number of aromatic nitrogens is 3. The van der Waals surface area contributed by atoms with Crippen molar-refractivity contribution in [3.8, 4) is 0 Å². The smallest absolute Gasteiger partial charge is 0.312 e. The van der Waals surface area contributed by atoms with Gasteiger partial charge in [0, 0.05) is 18.0 Å². The van der Waals surface area contributed by atoms with E-state index in [0.29, 0.717) is 16.8 Å². The molecule has 0 fully saturated rings. The molecule has 0 saturated carbocycles. The van der Waals surface area contributed by atoms with Crippen molar-refractivity contribution < 1.29 is 14.7 Å². The molecule has 7 nitrogen and oxygen atoms in total. The Balaban J connectivity index is 1.81. The lowest BCUT2D eigenvalue weighted by atomic mass is 9.99. The molecule has 2 N–H and O–H groups in total. The minimum atomic E-state index is -0.981. The standard InChI is InChI=1S/C20H22N4O3/c1-12(2)24-18-15(10-22-24)9-16(13(3)23-18)19(25)21-11-17(20(26)27)14-7-5-4-6-8-14/h4-10,12,17H,11H2,1-3H3,(H,21,25)(H,26,27)/t17-/m1/s1. The van der Waals surface area contributed by atoms with Gasteiger partial charge in [0.15, 0.2) is 5.65 Å². The lowest BCUT2D eigenvalue weighted by Crippen LogP contribution is -2.32. The van der Waals surface area contributed by atoms with Gasteiger partial charge in [-0.05, 0) is 32.4 Å². The molecule has 1 amide bonds. The van der Waals surface area contributed by atoms with E-state index in [1.807, 2.05) is 19.9 Å². The van der Waals surface area contributed by atoms with Gasteiger partial charge in [0.25, 0.3) is 5.91 Å². The maximum atomic E-state index is 12.6. The molecule has 0 aliphatic carbocycles. The van der Waals surface area contributed by atoms with Crippen molar-refractivity contribution in [2.45, 2.75) is 32.7 Å². The molecule has 140 valence electrons. The summed E-state index contributed by atoms with van der Waals surface area (Å²) in [7, 11) is 0. The number of rotatable bonds is 6. The van der Waals surface area contributed by atoms with Crippen molar-refractivity contribution in [1.29, 1.82) is 0 Å². The average Bonchev–Trinajstić information content (AvgIpc) is 3.04. The summed E-state index contributed by atoms with van der Waals surface area (Å²) in [5.41, 5.74) is 2.37. The summed E-state index contributed by atoms with van der Waals surface area (Å²) in [6.45, 7) is 5.79. The van der Waals surface area contributed by atoms with Gasteiger partial charge in [-0.1, -0.05) is 30.3 Å². The van der Waals surface area contributed by atoms with Crippen LogP contribution in [0.3, 0.4) is 0 Å². The van der Waals surface area contributed by atoms with Crippen molar-refractivity contribution in [1.82, 2.24) is 20.1 Å². The number of carbonyl (C=O) groups excluding carboxylic acids is 1. The summed E-state index contributed by atoms with van der Waals surface area (Å²) >= 11 is 0. The van der Waals surface area contributed by atoms with Crippen LogP contribution in [0.1, 0.15) is 47.4 Å². The van der Waals surface area contributed by atoms with Crippen LogP contribution in [0.2, 0.25) is 0 Å². The van der Waals surface area contributed by atoms with Crippen LogP contribution in [0.4, 0.5) is 0 Å². The van der Waals surface area contributed by atoms with E-state index >= 15 is 0 Å². The Morgan fingerprint density at radius 1 is 1.22 bits per heavy atom. The molecule has 27 heavy (non-hydrogen) atoms. The summed E-state index contributed by atoms with van der Waals surface area (Å²) in [6, 6.07) is 10.8. The van der Waals surface area contributed by atoms with E-state index in [0.717, 1.165) is 11.0 Å². The molecule has 0 radical (unpaired) electrons. The molecule has 0 aliphatic heterocycles. The SMILES string of the molecule is Cc1nc2c(cnn2C(C)C)cc1C(=O)NC[C@@H](C(=O)O)c1ccccc1. The Morgan fingerprint density at radius 3 is 2.56 bits per heavy atom. The Hall–Kier alpha value is -3.22. The second-order valence-electron chi connectivity index (χ2n) is 6.73. The number of amides is 1. The van der Waals surface area contributed by atoms with Gasteiger partial charge in [-0.25, -0.2) is 9.67 Å². The normalized spacial score (nSPS) is 12.3. The number of hydrogen-bond acceptors (Lipinski definition) is 4. The summed E-state index contributed by atoms with van der Waals surface area (Å²) < 4.78 is 1.81. The first kappa shape index (κ1) is 18.6. The highest BCUT2D eigenvalue weighted by molar-refractivity contribution is 5.98. The maximum absolute atomic E-state index is 12.6. The molecule has 1 atom stereocenters. The van der Waals surface area contributed by atoms with Gasteiger partial charge >= 0.3 is 5.97 Å². The Bertz CT molecular complexity index is 980. The number of carboxylic acid groups (broad SMARTS) is 1. The van der Waals surface area contributed by atoms with Crippen LogP contribution in [0.5, 0.6) is 0 Å². The van der Waals surface area contributed by atoms with Crippen molar-refractivity contribution in [3.63, 3.8) is 0 Å². The number of nitrogens with zero attached hydrogens (tertiary/aromatic N) is 3. The summed E-state index contributed by atoms with van der Waals surface area (Å²) in [5, 5.41) is 17.3. The highest BCUT2D eigenvalue weighted by atomic mass is 16.4. The molecule has 0 spiro atoms. The Kier molecular flexibility index (Phi) is 5.21. The van der Waals surface area contributed by atoms with Crippen molar-refractivity contribution >= 4 is 22.9 Å². The molecule has 7 heteroatoms.